The minimum Gasteiger partial charge on any atom is -0.377 e. The maximum atomic E-state index is 13.1. The van der Waals surface area contributed by atoms with Gasteiger partial charge in [0.15, 0.2) is 9.84 Å². The molecule has 0 spiro atoms. The van der Waals surface area contributed by atoms with E-state index in [2.05, 4.69) is 10.6 Å². The third kappa shape index (κ3) is 6.21. The molecule has 2 heterocycles. The Kier molecular flexibility index (Phi) is 8.41. The molecule has 3 N–H and O–H groups in total. The van der Waals surface area contributed by atoms with Crippen LogP contribution < -0.4 is 10.6 Å². The molecule has 2 aromatic rings. The molecule has 2 aromatic carbocycles. The Morgan fingerprint density at radius 3 is 1.95 bits per heavy atom. The highest BCUT2D eigenvalue weighted by Crippen LogP contribution is 2.50. The number of nitrogens with one attached hydrogen (secondary N) is 2. The number of alkyl halides is 6. The zero-order chi connectivity index (χ0) is 29.3. The Hall–Kier alpha value is -2.88. The molecule has 40 heavy (non-hydrogen) atoms. The molecular weight excluding hydrogens is 568 g/mol. The summed E-state index contributed by atoms with van der Waals surface area (Å²) in [4.78, 5) is 13.9. The van der Waals surface area contributed by atoms with Crippen molar-refractivity contribution in [3.05, 3.63) is 59.7 Å². The van der Waals surface area contributed by atoms with Crippen molar-refractivity contribution in [3.8, 4) is 0 Å². The third-order valence-corrected chi connectivity index (χ3v) is 9.26. The van der Waals surface area contributed by atoms with Gasteiger partial charge in [0.05, 0.1) is 29.4 Å². The fourth-order valence-corrected chi connectivity index (χ4v) is 6.30. The van der Waals surface area contributed by atoms with Crippen LogP contribution in [-0.2, 0) is 26.7 Å². The number of carbonyl (C=O) groups is 1. The van der Waals surface area contributed by atoms with E-state index in [4.69, 9.17) is 4.74 Å². The van der Waals surface area contributed by atoms with Crippen LogP contribution in [0.3, 0.4) is 0 Å². The Morgan fingerprint density at radius 2 is 1.48 bits per heavy atom. The van der Waals surface area contributed by atoms with Crippen molar-refractivity contribution in [2.45, 2.75) is 53.5 Å². The first-order valence-corrected chi connectivity index (χ1v) is 13.8. The Labute approximate surface area is 226 Å². The summed E-state index contributed by atoms with van der Waals surface area (Å²) in [5.74, 6) is 0. The molecule has 8 nitrogen and oxygen atoms in total. The number of hydrogen-bond donors (Lipinski definition) is 3. The summed E-state index contributed by atoms with van der Waals surface area (Å²) in [5.41, 5.74) is -5.50. The van der Waals surface area contributed by atoms with E-state index in [1.54, 1.807) is 0 Å². The number of likely N-dealkylation sites (tertiary alicyclic amines) is 1. The van der Waals surface area contributed by atoms with Gasteiger partial charge in [-0.15, -0.1) is 0 Å². The van der Waals surface area contributed by atoms with Crippen molar-refractivity contribution in [3.63, 3.8) is 0 Å². The lowest BCUT2D eigenvalue weighted by Gasteiger charge is -2.33. The number of nitrogens with zero attached hydrogens (tertiary/aromatic N) is 1. The lowest BCUT2D eigenvalue weighted by Crippen LogP contribution is -2.53. The van der Waals surface area contributed by atoms with Gasteiger partial charge < -0.3 is 20.5 Å². The second-order valence-electron chi connectivity index (χ2n) is 9.78. The summed E-state index contributed by atoms with van der Waals surface area (Å²) < 4.78 is 110. The maximum Gasteiger partial charge on any atom is 0.430 e. The van der Waals surface area contributed by atoms with Crippen molar-refractivity contribution < 1.29 is 49.4 Å². The topological polar surface area (TPSA) is 108 Å². The molecule has 0 unspecified atom stereocenters. The van der Waals surface area contributed by atoms with Crippen LogP contribution in [0.25, 0.3) is 0 Å². The predicted molar refractivity (Wildman–Crippen MR) is 131 cm³/mol. The maximum absolute atomic E-state index is 13.1. The molecule has 2 aliphatic rings. The number of aliphatic hydroxyl groups is 1. The lowest BCUT2D eigenvalue weighted by molar-refractivity contribution is -0.376. The van der Waals surface area contributed by atoms with Gasteiger partial charge in [0.1, 0.15) is 0 Å². The van der Waals surface area contributed by atoms with Crippen molar-refractivity contribution in [1.82, 2.24) is 10.2 Å². The van der Waals surface area contributed by atoms with Crippen molar-refractivity contribution in [2.24, 2.45) is 0 Å². The number of sulfone groups is 1. The number of benzene rings is 2. The summed E-state index contributed by atoms with van der Waals surface area (Å²) in [6, 6.07) is 8.66. The Morgan fingerprint density at radius 1 is 0.925 bits per heavy atom. The monoisotopic (exact) mass is 595 g/mol. The van der Waals surface area contributed by atoms with Crippen molar-refractivity contribution in [1.29, 1.82) is 0 Å². The van der Waals surface area contributed by atoms with Gasteiger partial charge in [-0.3, -0.25) is 4.90 Å². The van der Waals surface area contributed by atoms with E-state index in [1.807, 2.05) is 4.90 Å². The fourth-order valence-electron chi connectivity index (χ4n) is 4.57. The third-order valence-electron chi connectivity index (χ3n) is 6.99. The normalized spacial score (nSPS) is 18.3. The minimum atomic E-state index is -5.96. The Bertz CT molecular complexity index is 1270. The van der Waals surface area contributed by atoms with Crippen LogP contribution in [0.2, 0.25) is 0 Å². The number of anilines is 1. The predicted octanol–water partition coefficient (Wildman–Crippen LogP) is 3.96. The van der Waals surface area contributed by atoms with Crippen LogP contribution in [0, 0.1) is 0 Å². The Balaban J connectivity index is 1.32. The standard InChI is InChI=1S/C25H27F6N3O5S/c26-24(27,28)23(36,25(29,30)31)17-3-1-16(2-4-17)13-34-11-9-21(10-12-34)40(37,38)20-7-5-18(6-8-20)32-22(35)33-19-14-39-15-19/h1-8,19,21,36H,9-15H2,(H2,32,33,35). The molecule has 2 aliphatic heterocycles. The molecule has 4 rings (SSSR count). The van der Waals surface area contributed by atoms with Gasteiger partial charge >= 0.3 is 18.4 Å². The summed E-state index contributed by atoms with van der Waals surface area (Å²) in [6.45, 7) is 1.73. The van der Waals surface area contributed by atoms with Crippen molar-refractivity contribution >= 4 is 21.6 Å². The first kappa shape index (κ1) is 30.1. The molecule has 2 amide bonds. The summed E-state index contributed by atoms with van der Waals surface area (Å²) in [6.07, 6.45) is -11.4. The average Bonchev–Trinajstić information content (AvgIpc) is 2.85. The number of rotatable bonds is 7. The molecule has 0 aliphatic carbocycles. The van der Waals surface area contributed by atoms with Gasteiger partial charge in [0, 0.05) is 17.8 Å². The van der Waals surface area contributed by atoms with Crippen molar-refractivity contribution in [2.75, 3.05) is 31.6 Å². The number of hydrogen-bond acceptors (Lipinski definition) is 6. The lowest BCUT2D eigenvalue weighted by atomic mass is 9.91. The fraction of sp³-hybridized carbons (Fsp3) is 0.480. The molecule has 0 radical (unpaired) electrons. The molecular formula is C25H27F6N3O5S. The number of amides is 2. The van der Waals surface area contributed by atoms with E-state index >= 15 is 0 Å². The zero-order valence-corrected chi connectivity index (χ0v) is 21.7. The summed E-state index contributed by atoms with van der Waals surface area (Å²) >= 11 is 0. The van der Waals surface area contributed by atoms with Crippen LogP contribution in [-0.4, -0.2) is 74.4 Å². The van der Waals surface area contributed by atoms with E-state index in [1.165, 1.54) is 24.3 Å². The van der Waals surface area contributed by atoms with Crippen LogP contribution >= 0.6 is 0 Å². The molecule has 220 valence electrons. The second kappa shape index (κ2) is 11.2. The quantitative estimate of drug-likeness (QED) is 0.419. The summed E-state index contributed by atoms with van der Waals surface area (Å²) in [5, 5.41) is 14.2. The van der Waals surface area contributed by atoms with E-state index in [0.29, 0.717) is 49.7 Å². The number of ether oxygens (including phenoxy) is 1. The smallest absolute Gasteiger partial charge is 0.377 e. The number of halogens is 6. The van der Waals surface area contributed by atoms with Gasteiger partial charge in [-0.2, -0.15) is 26.3 Å². The first-order valence-electron chi connectivity index (χ1n) is 12.3. The molecule has 15 heteroatoms. The van der Waals surface area contributed by atoms with Crippen LogP contribution in [0.1, 0.15) is 24.0 Å². The van der Waals surface area contributed by atoms with Crippen LogP contribution in [0.15, 0.2) is 53.4 Å². The highest BCUT2D eigenvalue weighted by molar-refractivity contribution is 7.92. The van der Waals surface area contributed by atoms with E-state index < -0.39 is 44.6 Å². The molecule has 2 saturated heterocycles. The first-order chi connectivity index (χ1) is 18.6. The molecule has 0 saturated carbocycles. The number of urea groups is 1. The molecule has 0 atom stereocenters. The number of carbonyl (C=O) groups excluding carboxylic acids is 1. The number of piperidine rings is 1. The van der Waals surface area contributed by atoms with Gasteiger partial charge in [0.25, 0.3) is 5.60 Å². The SMILES string of the molecule is O=C(Nc1ccc(S(=O)(=O)C2CCN(Cc3ccc(C(O)(C(F)(F)F)C(F)(F)F)cc3)CC2)cc1)NC1COC1. The minimum absolute atomic E-state index is 0.0614. The molecule has 0 bridgehead atoms. The van der Waals surface area contributed by atoms with Crippen LogP contribution in [0.4, 0.5) is 36.8 Å². The molecule has 2 fully saturated rings. The van der Waals surface area contributed by atoms with Gasteiger partial charge in [0.2, 0.25) is 0 Å². The highest BCUT2D eigenvalue weighted by Gasteiger charge is 2.71. The van der Waals surface area contributed by atoms with E-state index in [9.17, 15) is 44.7 Å². The average molecular weight is 596 g/mol. The highest BCUT2D eigenvalue weighted by atomic mass is 32.2. The molecule has 0 aromatic heterocycles. The summed E-state index contributed by atoms with van der Waals surface area (Å²) in [7, 11) is -3.68. The second-order valence-corrected chi connectivity index (χ2v) is 12.0. The zero-order valence-electron chi connectivity index (χ0n) is 20.9. The van der Waals surface area contributed by atoms with Crippen LogP contribution in [0.5, 0.6) is 0 Å². The van der Waals surface area contributed by atoms with E-state index in [-0.39, 0.29) is 30.3 Å². The van der Waals surface area contributed by atoms with Gasteiger partial charge in [-0.05, 0) is 55.8 Å². The van der Waals surface area contributed by atoms with Gasteiger partial charge in [-0.1, -0.05) is 24.3 Å². The largest absolute Gasteiger partial charge is 0.430 e. The van der Waals surface area contributed by atoms with E-state index in [0.717, 1.165) is 12.1 Å². The van der Waals surface area contributed by atoms with Gasteiger partial charge in [-0.25, -0.2) is 13.2 Å².